The Morgan fingerprint density at radius 1 is 1.35 bits per heavy atom. The number of anilines is 1. The van der Waals surface area contributed by atoms with Gasteiger partial charge in [0.25, 0.3) is 0 Å². The first-order valence-electron chi connectivity index (χ1n) is 6.68. The average molecular weight is 363 g/mol. The number of nitrogens with two attached hydrogens (primary N) is 1. The van der Waals surface area contributed by atoms with Crippen molar-refractivity contribution in [1.82, 2.24) is 0 Å². The number of halogens is 4. The lowest BCUT2D eigenvalue weighted by Crippen LogP contribution is -2.19. The highest BCUT2D eigenvalue weighted by atomic mass is 35.5. The Hall–Kier alpha value is -1.57. The van der Waals surface area contributed by atoms with Gasteiger partial charge in [0.2, 0.25) is 5.91 Å². The van der Waals surface area contributed by atoms with Crippen LogP contribution in [0.15, 0.2) is 30.3 Å². The largest absolute Gasteiger partial charge is 0.416 e. The molecule has 3 nitrogen and oxygen atoms in total. The minimum absolute atomic E-state index is 0.0527. The fourth-order valence-electron chi connectivity index (χ4n) is 1.99. The van der Waals surface area contributed by atoms with Crippen molar-refractivity contribution in [3.63, 3.8) is 0 Å². The van der Waals surface area contributed by atoms with Crippen molar-refractivity contribution < 1.29 is 18.0 Å². The van der Waals surface area contributed by atoms with E-state index < -0.39 is 23.6 Å². The lowest BCUT2D eigenvalue weighted by molar-refractivity contribution is -0.137. The summed E-state index contributed by atoms with van der Waals surface area (Å²) >= 11 is 7.08. The van der Waals surface area contributed by atoms with Gasteiger partial charge < -0.3 is 11.1 Å². The summed E-state index contributed by atoms with van der Waals surface area (Å²) in [5.74, 6) is -0.936. The van der Waals surface area contributed by atoms with Crippen molar-refractivity contribution in [3.8, 4) is 0 Å². The molecule has 1 aromatic carbocycles. The molecule has 124 valence electrons. The molecule has 0 aliphatic carbocycles. The molecule has 2 rings (SSSR count). The Morgan fingerprint density at radius 3 is 2.57 bits per heavy atom. The van der Waals surface area contributed by atoms with Crippen LogP contribution in [0.4, 0.5) is 18.9 Å². The normalized spacial score (nSPS) is 13.0. The van der Waals surface area contributed by atoms with Crippen molar-refractivity contribution >= 4 is 34.5 Å². The molecule has 0 spiro atoms. The molecule has 0 aliphatic rings. The monoisotopic (exact) mass is 362 g/mol. The summed E-state index contributed by atoms with van der Waals surface area (Å²) in [7, 11) is 0. The van der Waals surface area contributed by atoms with E-state index in [1.165, 1.54) is 17.4 Å². The molecule has 23 heavy (non-hydrogen) atoms. The molecule has 1 atom stereocenters. The Labute approximate surface area is 140 Å². The maximum absolute atomic E-state index is 12.9. The quantitative estimate of drug-likeness (QED) is 0.833. The van der Waals surface area contributed by atoms with E-state index in [1.807, 2.05) is 0 Å². The number of hydrogen-bond acceptors (Lipinski definition) is 3. The molecule has 1 heterocycles. The second-order valence-corrected chi connectivity index (χ2v) is 6.72. The van der Waals surface area contributed by atoms with E-state index in [-0.39, 0.29) is 12.2 Å². The van der Waals surface area contributed by atoms with E-state index in [0.29, 0.717) is 9.90 Å². The molecule has 1 aromatic heterocycles. The van der Waals surface area contributed by atoms with Crippen LogP contribution in [0.25, 0.3) is 0 Å². The highest BCUT2D eigenvalue weighted by Gasteiger charge is 2.31. The molecule has 1 unspecified atom stereocenters. The minimum atomic E-state index is -4.50. The molecular formula is C15H14ClF3N2OS. The zero-order valence-electron chi connectivity index (χ0n) is 12.1. The minimum Gasteiger partial charge on any atom is -0.326 e. The maximum atomic E-state index is 12.9. The standard InChI is InChI=1S/C15H14ClF3N2OS/c1-8(12-2-3-13(16)23-12)14(22)21-11-5-9(7-20)4-10(6-11)15(17,18)19/h2-6,8H,7,20H2,1H3,(H,21,22). The van der Waals surface area contributed by atoms with Crippen molar-refractivity contribution in [3.05, 3.63) is 50.7 Å². The van der Waals surface area contributed by atoms with Gasteiger partial charge in [-0.1, -0.05) is 11.6 Å². The topological polar surface area (TPSA) is 55.1 Å². The van der Waals surface area contributed by atoms with Gasteiger partial charge in [-0.3, -0.25) is 4.79 Å². The van der Waals surface area contributed by atoms with Gasteiger partial charge in [0.05, 0.1) is 15.8 Å². The van der Waals surface area contributed by atoms with Gasteiger partial charge in [0.1, 0.15) is 0 Å². The van der Waals surface area contributed by atoms with Gasteiger partial charge in [0, 0.05) is 17.1 Å². The number of rotatable bonds is 4. The lowest BCUT2D eigenvalue weighted by atomic mass is 10.1. The summed E-state index contributed by atoms with van der Waals surface area (Å²) in [5, 5.41) is 2.51. The number of amides is 1. The molecule has 0 aliphatic heterocycles. The molecular weight excluding hydrogens is 349 g/mol. The summed E-state index contributed by atoms with van der Waals surface area (Å²) in [6, 6.07) is 6.68. The van der Waals surface area contributed by atoms with E-state index in [4.69, 9.17) is 17.3 Å². The maximum Gasteiger partial charge on any atom is 0.416 e. The smallest absolute Gasteiger partial charge is 0.326 e. The highest BCUT2D eigenvalue weighted by molar-refractivity contribution is 7.16. The van der Waals surface area contributed by atoms with Crippen LogP contribution in [0.1, 0.15) is 28.8 Å². The number of benzene rings is 1. The molecule has 0 fully saturated rings. The second-order valence-electron chi connectivity index (χ2n) is 4.97. The Balaban J connectivity index is 2.23. The number of thiophene rings is 1. The molecule has 3 N–H and O–H groups in total. The van der Waals surface area contributed by atoms with E-state index >= 15 is 0 Å². The van der Waals surface area contributed by atoms with E-state index in [1.54, 1.807) is 19.1 Å². The molecule has 2 aromatic rings. The summed E-state index contributed by atoms with van der Waals surface area (Å²) in [6.07, 6.45) is -4.50. The highest BCUT2D eigenvalue weighted by Crippen LogP contribution is 2.33. The van der Waals surface area contributed by atoms with E-state index in [9.17, 15) is 18.0 Å². The Morgan fingerprint density at radius 2 is 2.04 bits per heavy atom. The van der Waals surface area contributed by atoms with Gasteiger partial charge in [-0.2, -0.15) is 13.2 Å². The summed E-state index contributed by atoms with van der Waals surface area (Å²) in [6.45, 7) is 1.61. The Bertz CT molecular complexity index is 715. The molecule has 0 saturated carbocycles. The lowest BCUT2D eigenvalue weighted by Gasteiger charge is -2.14. The van der Waals surface area contributed by atoms with Gasteiger partial charge in [-0.25, -0.2) is 0 Å². The van der Waals surface area contributed by atoms with Crippen molar-refractivity contribution in [2.24, 2.45) is 5.73 Å². The van der Waals surface area contributed by atoms with Gasteiger partial charge in [-0.15, -0.1) is 11.3 Å². The first-order valence-corrected chi connectivity index (χ1v) is 7.87. The van der Waals surface area contributed by atoms with Crippen LogP contribution in [0.3, 0.4) is 0 Å². The van der Waals surface area contributed by atoms with E-state index in [0.717, 1.165) is 17.0 Å². The number of alkyl halides is 3. The van der Waals surface area contributed by atoms with Crippen LogP contribution in [-0.4, -0.2) is 5.91 Å². The molecule has 8 heteroatoms. The zero-order chi connectivity index (χ0) is 17.2. The molecule has 1 amide bonds. The molecule has 0 saturated heterocycles. The average Bonchev–Trinajstić information content (AvgIpc) is 2.91. The van der Waals surface area contributed by atoms with Crippen LogP contribution in [0.5, 0.6) is 0 Å². The van der Waals surface area contributed by atoms with Crippen molar-refractivity contribution in [1.29, 1.82) is 0 Å². The SMILES string of the molecule is CC(C(=O)Nc1cc(CN)cc(C(F)(F)F)c1)c1ccc(Cl)s1. The number of carbonyl (C=O) groups is 1. The zero-order valence-corrected chi connectivity index (χ0v) is 13.6. The van der Waals surface area contributed by atoms with Crippen LogP contribution in [0, 0.1) is 0 Å². The van der Waals surface area contributed by atoms with Crippen molar-refractivity contribution in [2.75, 3.05) is 5.32 Å². The number of nitrogens with one attached hydrogen (secondary N) is 1. The van der Waals surface area contributed by atoms with Gasteiger partial charge in [-0.05, 0) is 42.8 Å². The fourth-order valence-corrected chi connectivity index (χ4v) is 3.10. The van der Waals surface area contributed by atoms with Gasteiger partial charge >= 0.3 is 6.18 Å². The molecule has 0 radical (unpaired) electrons. The summed E-state index contributed by atoms with van der Waals surface area (Å²) in [4.78, 5) is 13.0. The van der Waals surface area contributed by atoms with Crippen molar-refractivity contribution in [2.45, 2.75) is 25.6 Å². The third kappa shape index (κ3) is 4.46. The van der Waals surface area contributed by atoms with Gasteiger partial charge in [0.15, 0.2) is 0 Å². The third-order valence-corrected chi connectivity index (χ3v) is 4.65. The second kappa shape index (κ2) is 6.90. The summed E-state index contributed by atoms with van der Waals surface area (Å²) in [5.41, 5.74) is 4.94. The Kier molecular flexibility index (Phi) is 5.33. The predicted octanol–water partition coefficient (Wildman–Crippen LogP) is 4.62. The number of hydrogen-bond donors (Lipinski definition) is 2. The molecule has 0 bridgehead atoms. The third-order valence-electron chi connectivity index (χ3n) is 3.24. The van der Waals surface area contributed by atoms with Crippen LogP contribution >= 0.6 is 22.9 Å². The van der Waals surface area contributed by atoms with Crippen LogP contribution in [-0.2, 0) is 17.5 Å². The van der Waals surface area contributed by atoms with E-state index in [2.05, 4.69) is 5.32 Å². The number of carbonyl (C=O) groups excluding carboxylic acids is 1. The predicted molar refractivity (Wildman–Crippen MR) is 85.7 cm³/mol. The van der Waals surface area contributed by atoms with Crippen LogP contribution < -0.4 is 11.1 Å². The van der Waals surface area contributed by atoms with Crippen LogP contribution in [0.2, 0.25) is 4.34 Å². The first kappa shape index (κ1) is 17.8. The fraction of sp³-hybridized carbons (Fsp3) is 0.267. The first-order chi connectivity index (χ1) is 10.7. The summed E-state index contributed by atoms with van der Waals surface area (Å²) < 4.78 is 39.2.